The zero-order valence-corrected chi connectivity index (χ0v) is 12.6. The van der Waals surface area contributed by atoms with Crippen LogP contribution in [-0.4, -0.2) is 40.8 Å². The zero-order valence-electron chi connectivity index (χ0n) is 12.6. The van der Waals surface area contributed by atoms with E-state index in [-0.39, 0.29) is 5.41 Å². The molecule has 0 atom stereocenters. The smallest absolute Gasteiger partial charge is 0.157 e. The number of anilines is 1. The third-order valence-electron chi connectivity index (χ3n) is 3.54. The number of pyridine rings is 1. The van der Waals surface area contributed by atoms with Crippen LogP contribution in [0, 0.1) is 5.41 Å². The van der Waals surface area contributed by atoms with E-state index >= 15 is 0 Å². The molecular formula is C15H23N5. The monoisotopic (exact) mass is 273 g/mol. The van der Waals surface area contributed by atoms with Crippen molar-refractivity contribution in [3.63, 3.8) is 0 Å². The fourth-order valence-corrected chi connectivity index (χ4v) is 2.59. The minimum Gasteiger partial charge on any atom is -0.369 e. The molecule has 2 aromatic heterocycles. The van der Waals surface area contributed by atoms with Gasteiger partial charge in [-0.2, -0.15) is 5.10 Å². The van der Waals surface area contributed by atoms with Gasteiger partial charge in [0.2, 0.25) is 0 Å². The summed E-state index contributed by atoms with van der Waals surface area (Å²) in [6.07, 6.45) is 2.92. The highest BCUT2D eigenvalue weighted by Crippen LogP contribution is 2.21. The lowest BCUT2D eigenvalue weighted by Gasteiger charge is -2.29. The molecule has 0 aliphatic carbocycles. The molecule has 108 valence electrons. The largest absolute Gasteiger partial charge is 0.369 e. The molecule has 3 heterocycles. The Kier molecular flexibility index (Phi) is 3.38. The van der Waals surface area contributed by atoms with E-state index in [1.54, 1.807) is 0 Å². The highest BCUT2D eigenvalue weighted by molar-refractivity contribution is 5.56. The molecule has 1 aliphatic heterocycles. The number of hydrogen-bond donors (Lipinski definition) is 1. The lowest BCUT2D eigenvalue weighted by atomic mass is 9.92. The van der Waals surface area contributed by atoms with Crippen molar-refractivity contribution < 1.29 is 0 Å². The van der Waals surface area contributed by atoms with E-state index in [0.29, 0.717) is 0 Å². The summed E-state index contributed by atoms with van der Waals surface area (Å²) < 4.78 is 1.88. The highest BCUT2D eigenvalue weighted by atomic mass is 15.3. The van der Waals surface area contributed by atoms with Crippen LogP contribution in [0.2, 0.25) is 0 Å². The quantitative estimate of drug-likeness (QED) is 0.905. The number of hydrogen-bond acceptors (Lipinski definition) is 4. The van der Waals surface area contributed by atoms with Crippen LogP contribution in [0.25, 0.3) is 5.65 Å². The molecule has 1 aliphatic rings. The Labute approximate surface area is 120 Å². The van der Waals surface area contributed by atoms with Crippen molar-refractivity contribution in [2.75, 3.05) is 31.1 Å². The van der Waals surface area contributed by atoms with E-state index in [9.17, 15) is 0 Å². The minimum atomic E-state index is 0.215. The van der Waals surface area contributed by atoms with E-state index in [1.807, 2.05) is 10.7 Å². The number of rotatable bonds is 2. The number of aromatic nitrogens is 3. The van der Waals surface area contributed by atoms with Crippen LogP contribution in [0.3, 0.4) is 0 Å². The lowest BCUT2D eigenvalue weighted by molar-refractivity contribution is 0.401. The van der Waals surface area contributed by atoms with Crippen LogP contribution in [0.15, 0.2) is 18.3 Å². The van der Waals surface area contributed by atoms with Crippen LogP contribution in [0.1, 0.15) is 26.6 Å². The summed E-state index contributed by atoms with van der Waals surface area (Å²) in [6.45, 7) is 10.8. The number of piperazine rings is 1. The second-order valence-corrected chi connectivity index (χ2v) is 6.69. The van der Waals surface area contributed by atoms with Gasteiger partial charge in [0.1, 0.15) is 0 Å². The van der Waals surface area contributed by atoms with Crippen molar-refractivity contribution in [3.8, 4) is 0 Å². The Morgan fingerprint density at radius 1 is 1.25 bits per heavy atom. The maximum absolute atomic E-state index is 4.66. The molecule has 20 heavy (non-hydrogen) atoms. The first kappa shape index (κ1) is 13.4. The molecule has 1 saturated heterocycles. The molecule has 0 spiro atoms. The van der Waals surface area contributed by atoms with Crippen molar-refractivity contribution in [1.29, 1.82) is 0 Å². The standard InChI is InChI=1S/C15H23N5/c1-15(2,3)11-13-17-14-10-12(4-7-20(14)18-13)19-8-5-16-6-9-19/h4,7,10,16H,5-6,8-9,11H2,1-3H3. The SMILES string of the molecule is CC(C)(C)Cc1nc2cc(N3CCNCC3)ccn2n1. The molecule has 0 aromatic carbocycles. The van der Waals surface area contributed by atoms with Gasteiger partial charge in [-0.25, -0.2) is 9.50 Å². The van der Waals surface area contributed by atoms with Gasteiger partial charge in [-0.05, 0) is 11.5 Å². The molecule has 1 fully saturated rings. The van der Waals surface area contributed by atoms with Gasteiger partial charge < -0.3 is 10.2 Å². The van der Waals surface area contributed by atoms with Crippen molar-refractivity contribution in [1.82, 2.24) is 19.9 Å². The Balaban J connectivity index is 1.87. The Morgan fingerprint density at radius 2 is 2.00 bits per heavy atom. The highest BCUT2D eigenvalue weighted by Gasteiger charge is 2.16. The van der Waals surface area contributed by atoms with E-state index in [4.69, 9.17) is 0 Å². The Morgan fingerprint density at radius 3 is 2.70 bits per heavy atom. The molecule has 0 unspecified atom stereocenters. The van der Waals surface area contributed by atoms with Gasteiger partial charge in [0.05, 0.1) is 0 Å². The van der Waals surface area contributed by atoms with E-state index in [2.05, 4.69) is 53.2 Å². The van der Waals surface area contributed by atoms with Gasteiger partial charge in [0, 0.05) is 50.6 Å². The summed E-state index contributed by atoms with van der Waals surface area (Å²) >= 11 is 0. The fourth-order valence-electron chi connectivity index (χ4n) is 2.59. The third-order valence-corrected chi connectivity index (χ3v) is 3.54. The minimum absolute atomic E-state index is 0.215. The van der Waals surface area contributed by atoms with Crippen LogP contribution < -0.4 is 10.2 Å². The molecule has 0 bridgehead atoms. The van der Waals surface area contributed by atoms with Gasteiger partial charge in [-0.1, -0.05) is 20.8 Å². The Hall–Kier alpha value is -1.62. The van der Waals surface area contributed by atoms with Crippen molar-refractivity contribution in [3.05, 3.63) is 24.2 Å². The van der Waals surface area contributed by atoms with Crippen LogP contribution in [-0.2, 0) is 6.42 Å². The topological polar surface area (TPSA) is 45.5 Å². The van der Waals surface area contributed by atoms with E-state index in [1.165, 1.54) is 5.69 Å². The average Bonchev–Trinajstić information content (AvgIpc) is 2.78. The van der Waals surface area contributed by atoms with E-state index in [0.717, 1.165) is 44.1 Å². The van der Waals surface area contributed by atoms with Crippen molar-refractivity contribution in [2.24, 2.45) is 5.41 Å². The molecule has 3 rings (SSSR count). The van der Waals surface area contributed by atoms with Gasteiger partial charge in [-0.15, -0.1) is 0 Å². The maximum atomic E-state index is 4.66. The van der Waals surface area contributed by atoms with Crippen LogP contribution >= 0.6 is 0 Å². The molecule has 0 radical (unpaired) electrons. The first-order valence-corrected chi connectivity index (χ1v) is 7.32. The summed E-state index contributed by atoms with van der Waals surface area (Å²) in [6, 6.07) is 4.28. The van der Waals surface area contributed by atoms with Gasteiger partial charge in [0.25, 0.3) is 0 Å². The maximum Gasteiger partial charge on any atom is 0.157 e. The second kappa shape index (κ2) is 5.05. The molecular weight excluding hydrogens is 250 g/mol. The summed E-state index contributed by atoms with van der Waals surface area (Å²) in [7, 11) is 0. The summed E-state index contributed by atoms with van der Waals surface area (Å²) in [5, 5.41) is 7.94. The molecule has 0 amide bonds. The van der Waals surface area contributed by atoms with Gasteiger partial charge >= 0.3 is 0 Å². The third kappa shape index (κ3) is 2.93. The summed E-state index contributed by atoms with van der Waals surface area (Å²) in [5.74, 6) is 0.926. The average molecular weight is 273 g/mol. The number of fused-ring (bicyclic) bond motifs is 1. The predicted octanol–water partition coefficient (Wildman–Crippen LogP) is 1.73. The normalized spacial score (nSPS) is 16.9. The molecule has 2 aromatic rings. The zero-order chi connectivity index (χ0) is 14.2. The summed E-state index contributed by atoms with van der Waals surface area (Å²) in [4.78, 5) is 7.06. The molecule has 5 nitrogen and oxygen atoms in total. The first-order valence-electron chi connectivity index (χ1n) is 7.32. The molecule has 0 saturated carbocycles. The van der Waals surface area contributed by atoms with E-state index < -0.39 is 0 Å². The van der Waals surface area contributed by atoms with Gasteiger partial charge in [0.15, 0.2) is 11.5 Å². The van der Waals surface area contributed by atoms with Crippen molar-refractivity contribution in [2.45, 2.75) is 27.2 Å². The predicted molar refractivity (Wildman–Crippen MR) is 81.2 cm³/mol. The van der Waals surface area contributed by atoms with Gasteiger partial charge in [-0.3, -0.25) is 0 Å². The number of nitrogens with one attached hydrogen (secondary N) is 1. The molecule has 5 heteroatoms. The van der Waals surface area contributed by atoms with Crippen LogP contribution in [0.4, 0.5) is 5.69 Å². The fraction of sp³-hybridized carbons (Fsp3) is 0.600. The van der Waals surface area contributed by atoms with Crippen molar-refractivity contribution >= 4 is 11.3 Å². The summed E-state index contributed by atoms with van der Waals surface area (Å²) in [5.41, 5.74) is 2.40. The second-order valence-electron chi connectivity index (χ2n) is 6.69. The molecule has 1 N–H and O–H groups in total. The number of nitrogens with zero attached hydrogens (tertiary/aromatic N) is 4. The lowest BCUT2D eigenvalue weighted by Crippen LogP contribution is -2.43. The first-order chi connectivity index (χ1) is 9.51. The Bertz CT molecular complexity index is 590. The van der Waals surface area contributed by atoms with Crippen LogP contribution in [0.5, 0.6) is 0 Å².